The van der Waals surface area contributed by atoms with Crippen molar-refractivity contribution < 1.29 is 14.6 Å². The van der Waals surface area contributed by atoms with Gasteiger partial charge in [-0.2, -0.15) is 0 Å². The number of nitrogens with two attached hydrogens (primary N) is 1. The fourth-order valence-corrected chi connectivity index (χ4v) is 1.97. The van der Waals surface area contributed by atoms with E-state index in [4.69, 9.17) is 10.5 Å². The fourth-order valence-electron chi connectivity index (χ4n) is 1.97. The molecule has 19 heavy (non-hydrogen) atoms. The molecule has 0 saturated heterocycles. The molecule has 0 aliphatic carbocycles. The average Bonchev–Trinajstić information content (AvgIpc) is 2.34. The van der Waals surface area contributed by atoms with Gasteiger partial charge in [-0.25, -0.2) is 0 Å². The van der Waals surface area contributed by atoms with E-state index in [2.05, 4.69) is 0 Å². The molecule has 0 radical (unpaired) electrons. The average molecular weight is 265 g/mol. The summed E-state index contributed by atoms with van der Waals surface area (Å²) in [5, 5.41) is 9.29. The monoisotopic (exact) mass is 265 g/mol. The van der Waals surface area contributed by atoms with Gasteiger partial charge >= 0.3 is 5.97 Å². The second-order valence-electron chi connectivity index (χ2n) is 5.48. The first-order chi connectivity index (χ1) is 8.83. The van der Waals surface area contributed by atoms with E-state index < -0.39 is 17.6 Å². The van der Waals surface area contributed by atoms with Crippen molar-refractivity contribution in [2.45, 2.75) is 39.5 Å². The van der Waals surface area contributed by atoms with Crippen LogP contribution in [0.4, 0.5) is 0 Å². The van der Waals surface area contributed by atoms with E-state index in [1.807, 2.05) is 44.2 Å². The van der Waals surface area contributed by atoms with Crippen molar-refractivity contribution in [2.75, 3.05) is 0 Å². The quantitative estimate of drug-likeness (QED) is 0.743. The van der Waals surface area contributed by atoms with Crippen LogP contribution in [0, 0.1) is 11.8 Å². The van der Waals surface area contributed by atoms with Gasteiger partial charge in [0.05, 0.1) is 12.5 Å². The number of benzene rings is 1. The van der Waals surface area contributed by atoms with Crippen LogP contribution in [0.1, 0.15) is 32.8 Å². The fraction of sp³-hybridized carbons (Fsp3) is 0.533. The van der Waals surface area contributed by atoms with Gasteiger partial charge in [-0.05, 0) is 24.8 Å². The second kappa shape index (κ2) is 6.68. The molecule has 0 heterocycles. The summed E-state index contributed by atoms with van der Waals surface area (Å²) in [4.78, 5) is 11.3. The SMILES string of the molecule is CC(C)CC(C(=O)O)C(C)(N)OCc1ccccc1. The van der Waals surface area contributed by atoms with Gasteiger partial charge in [0.25, 0.3) is 0 Å². The Hall–Kier alpha value is -1.39. The normalized spacial score (nSPS) is 16.1. The standard InChI is InChI=1S/C15H23NO3/c1-11(2)9-13(14(17)18)15(3,16)19-10-12-7-5-4-6-8-12/h4-8,11,13H,9-10,16H2,1-3H3,(H,17,18). The van der Waals surface area contributed by atoms with E-state index in [-0.39, 0.29) is 5.92 Å². The molecule has 0 aromatic heterocycles. The third kappa shape index (κ3) is 5.01. The van der Waals surface area contributed by atoms with E-state index in [9.17, 15) is 9.90 Å². The van der Waals surface area contributed by atoms with Crippen LogP contribution in [0.15, 0.2) is 30.3 Å². The molecule has 3 N–H and O–H groups in total. The van der Waals surface area contributed by atoms with Crippen LogP contribution in [0.25, 0.3) is 0 Å². The number of hydrogen-bond donors (Lipinski definition) is 2. The number of rotatable bonds is 7. The van der Waals surface area contributed by atoms with Crippen LogP contribution in [0.3, 0.4) is 0 Å². The molecule has 0 spiro atoms. The van der Waals surface area contributed by atoms with Crippen LogP contribution in [0.2, 0.25) is 0 Å². The topological polar surface area (TPSA) is 72.5 Å². The lowest BCUT2D eigenvalue weighted by Crippen LogP contribution is -2.50. The zero-order valence-electron chi connectivity index (χ0n) is 11.8. The van der Waals surface area contributed by atoms with E-state index in [1.54, 1.807) is 6.92 Å². The number of carboxylic acid groups (broad SMARTS) is 1. The predicted octanol–water partition coefficient (Wildman–Crippen LogP) is 2.63. The summed E-state index contributed by atoms with van der Waals surface area (Å²) < 4.78 is 5.64. The number of hydrogen-bond acceptors (Lipinski definition) is 3. The molecule has 4 nitrogen and oxygen atoms in total. The Kier molecular flexibility index (Phi) is 5.51. The Labute approximate surface area is 114 Å². The van der Waals surface area contributed by atoms with Crippen molar-refractivity contribution in [1.82, 2.24) is 0 Å². The zero-order valence-corrected chi connectivity index (χ0v) is 11.8. The lowest BCUT2D eigenvalue weighted by atomic mass is 9.89. The molecular weight excluding hydrogens is 242 g/mol. The Morgan fingerprint density at radius 3 is 2.42 bits per heavy atom. The summed E-state index contributed by atoms with van der Waals surface area (Å²) in [5.74, 6) is -1.37. The molecule has 1 aromatic rings. The van der Waals surface area contributed by atoms with Crippen molar-refractivity contribution in [3.8, 4) is 0 Å². The minimum Gasteiger partial charge on any atom is -0.481 e. The summed E-state index contributed by atoms with van der Waals surface area (Å²) in [5.41, 5.74) is 5.86. The van der Waals surface area contributed by atoms with Crippen molar-refractivity contribution in [1.29, 1.82) is 0 Å². The molecule has 0 bridgehead atoms. The van der Waals surface area contributed by atoms with Gasteiger partial charge in [-0.3, -0.25) is 4.79 Å². The highest BCUT2D eigenvalue weighted by Gasteiger charge is 2.37. The van der Waals surface area contributed by atoms with Gasteiger partial charge in [0, 0.05) is 0 Å². The highest BCUT2D eigenvalue weighted by molar-refractivity contribution is 5.71. The maximum Gasteiger partial charge on any atom is 0.310 e. The van der Waals surface area contributed by atoms with E-state index >= 15 is 0 Å². The molecular formula is C15H23NO3. The predicted molar refractivity (Wildman–Crippen MR) is 74.4 cm³/mol. The summed E-state index contributed by atoms with van der Waals surface area (Å²) in [7, 11) is 0. The largest absolute Gasteiger partial charge is 0.481 e. The van der Waals surface area contributed by atoms with Gasteiger partial charge in [0.2, 0.25) is 0 Å². The number of ether oxygens (including phenoxy) is 1. The van der Waals surface area contributed by atoms with Crippen LogP contribution in [-0.2, 0) is 16.1 Å². The minimum atomic E-state index is -1.17. The van der Waals surface area contributed by atoms with Crippen molar-refractivity contribution in [3.63, 3.8) is 0 Å². The Morgan fingerprint density at radius 1 is 1.37 bits per heavy atom. The smallest absolute Gasteiger partial charge is 0.310 e. The molecule has 1 aromatic carbocycles. The van der Waals surface area contributed by atoms with E-state index in [0.29, 0.717) is 13.0 Å². The minimum absolute atomic E-state index is 0.254. The highest BCUT2D eigenvalue weighted by atomic mass is 16.5. The van der Waals surface area contributed by atoms with Crippen molar-refractivity contribution in [2.24, 2.45) is 17.6 Å². The maximum atomic E-state index is 11.3. The van der Waals surface area contributed by atoms with Gasteiger partial charge < -0.3 is 15.6 Å². The summed E-state index contributed by atoms with van der Waals surface area (Å²) in [6.07, 6.45) is 0.497. The van der Waals surface area contributed by atoms with Gasteiger partial charge in [-0.15, -0.1) is 0 Å². The van der Waals surface area contributed by atoms with E-state index in [0.717, 1.165) is 5.56 Å². The first-order valence-corrected chi connectivity index (χ1v) is 6.52. The number of aliphatic carboxylic acids is 1. The number of carbonyl (C=O) groups is 1. The van der Waals surface area contributed by atoms with E-state index in [1.165, 1.54) is 0 Å². The molecule has 2 atom stereocenters. The summed E-state index contributed by atoms with van der Waals surface area (Å²) >= 11 is 0. The summed E-state index contributed by atoms with van der Waals surface area (Å²) in [6, 6.07) is 9.59. The molecule has 0 aliphatic rings. The molecule has 0 amide bonds. The summed E-state index contributed by atoms with van der Waals surface area (Å²) in [6.45, 7) is 5.90. The van der Waals surface area contributed by atoms with Crippen molar-refractivity contribution in [3.05, 3.63) is 35.9 Å². The van der Waals surface area contributed by atoms with Gasteiger partial charge in [-0.1, -0.05) is 44.2 Å². The van der Waals surface area contributed by atoms with Crippen LogP contribution >= 0.6 is 0 Å². The lowest BCUT2D eigenvalue weighted by Gasteiger charge is -2.32. The highest BCUT2D eigenvalue weighted by Crippen LogP contribution is 2.25. The first-order valence-electron chi connectivity index (χ1n) is 6.52. The van der Waals surface area contributed by atoms with Gasteiger partial charge in [0.15, 0.2) is 0 Å². The first kappa shape index (κ1) is 15.7. The van der Waals surface area contributed by atoms with Gasteiger partial charge in [0.1, 0.15) is 5.72 Å². The Morgan fingerprint density at radius 2 is 1.95 bits per heavy atom. The third-order valence-electron chi connectivity index (χ3n) is 3.09. The lowest BCUT2D eigenvalue weighted by molar-refractivity contribution is -0.159. The molecule has 0 saturated carbocycles. The molecule has 4 heteroatoms. The van der Waals surface area contributed by atoms with Crippen molar-refractivity contribution >= 4 is 5.97 Å². The molecule has 2 unspecified atom stereocenters. The molecule has 0 fully saturated rings. The van der Waals surface area contributed by atoms with Crippen LogP contribution in [-0.4, -0.2) is 16.8 Å². The Balaban J connectivity index is 2.69. The third-order valence-corrected chi connectivity index (χ3v) is 3.09. The maximum absolute atomic E-state index is 11.3. The van der Waals surface area contributed by atoms with Crippen LogP contribution in [0.5, 0.6) is 0 Å². The molecule has 0 aliphatic heterocycles. The second-order valence-corrected chi connectivity index (χ2v) is 5.48. The molecule has 106 valence electrons. The molecule has 1 rings (SSSR count). The Bertz CT molecular complexity index is 401. The van der Waals surface area contributed by atoms with Crippen LogP contribution < -0.4 is 5.73 Å². The number of carboxylic acids is 1. The zero-order chi connectivity index (χ0) is 14.5.